The van der Waals surface area contributed by atoms with Crippen molar-refractivity contribution in [3.8, 4) is 5.75 Å². The molecule has 1 aromatic heterocycles. The van der Waals surface area contributed by atoms with Crippen molar-refractivity contribution in [3.05, 3.63) is 47.2 Å². The zero-order valence-electron chi connectivity index (χ0n) is 12.7. The lowest BCUT2D eigenvalue weighted by atomic mass is 9.87. The number of fused-ring (bicyclic) bond motifs is 1. The average Bonchev–Trinajstić information content (AvgIpc) is 3.00. The number of rotatable bonds is 5. The van der Waals surface area contributed by atoms with Crippen LogP contribution < -0.4 is 10.1 Å². The first kappa shape index (κ1) is 14.1. The van der Waals surface area contributed by atoms with Crippen LogP contribution >= 0.6 is 0 Å². The molecule has 21 heavy (non-hydrogen) atoms. The SMILES string of the molecule is CCc1ncc(CNC2CCCc3cc(OC)ccc32)o1. The Kier molecular flexibility index (Phi) is 4.25. The van der Waals surface area contributed by atoms with Crippen LogP contribution in [0.25, 0.3) is 0 Å². The molecule has 4 nitrogen and oxygen atoms in total. The molecular weight excluding hydrogens is 264 g/mol. The number of oxazole rings is 1. The second-order valence-corrected chi connectivity index (χ2v) is 5.46. The van der Waals surface area contributed by atoms with E-state index in [4.69, 9.17) is 9.15 Å². The summed E-state index contributed by atoms with van der Waals surface area (Å²) in [7, 11) is 1.72. The third-order valence-corrected chi connectivity index (χ3v) is 4.09. The normalized spacial score (nSPS) is 17.5. The van der Waals surface area contributed by atoms with Crippen molar-refractivity contribution in [2.75, 3.05) is 7.11 Å². The first-order valence-electron chi connectivity index (χ1n) is 7.64. The lowest BCUT2D eigenvalue weighted by molar-refractivity contribution is 0.397. The van der Waals surface area contributed by atoms with E-state index in [9.17, 15) is 0 Å². The maximum Gasteiger partial charge on any atom is 0.194 e. The Morgan fingerprint density at radius 1 is 1.43 bits per heavy atom. The Bertz CT molecular complexity index is 607. The largest absolute Gasteiger partial charge is 0.497 e. The Morgan fingerprint density at radius 3 is 3.10 bits per heavy atom. The summed E-state index contributed by atoms with van der Waals surface area (Å²) < 4.78 is 11.0. The summed E-state index contributed by atoms with van der Waals surface area (Å²) in [6.45, 7) is 2.77. The van der Waals surface area contributed by atoms with Gasteiger partial charge < -0.3 is 14.5 Å². The summed E-state index contributed by atoms with van der Waals surface area (Å²) in [4.78, 5) is 4.24. The van der Waals surface area contributed by atoms with Crippen LogP contribution in [0.4, 0.5) is 0 Å². The molecular formula is C17H22N2O2. The third-order valence-electron chi connectivity index (χ3n) is 4.09. The zero-order valence-corrected chi connectivity index (χ0v) is 12.7. The number of methoxy groups -OCH3 is 1. The van der Waals surface area contributed by atoms with E-state index < -0.39 is 0 Å². The van der Waals surface area contributed by atoms with Crippen molar-refractivity contribution >= 4 is 0 Å². The molecule has 1 aliphatic rings. The number of hydrogen-bond donors (Lipinski definition) is 1. The molecule has 2 aromatic rings. The van der Waals surface area contributed by atoms with Crippen LogP contribution in [-0.4, -0.2) is 12.1 Å². The predicted molar refractivity (Wildman–Crippen MR) is 81.4 cm³/mol. The van der Waals surface area contributed by atoms with Gasteiger partial charge in [-0.15, -0.1) is 0 Å². The summed E-state index contributed by atoms with van der Waals surface area (Å²) in [5.74, 6) is 2.66. The van der Waals surface area contributed by atoms with Crippen molar-refractivity contribution in [2.24, 2.45) is 0 Å². The monoisotopic (exact) mass is 286 g/mol. The first-order valence-corrected chi connectivity index (χ1v) is 7.64. The molecule has 0 radical (unpaired) electrons. The van der Waals surface area contributed by atoms with Gasteiger partial charge in [0.15, 0.2) is 5.89 Å². The molecule has 0 spiro atoms. The summed E-state index contributed by atoms with van der Waals surface area (Å²) in [5.41, 5.74) is 2.78. The molecule has 0 bridgehead atoms. The Hall–Kier alpha value is -1.81. The Balaban J connectivity index is 1.70. The molecule has 112 valence electrons. The van der Waals surface area contributed by atoms with Crippen LogP contribution in [0.3, 0.4) is 0 Å². The van der Waals surface area contributed by atoms with Gasteiger partial charge in [-0.05, 0) is 42.5 Å². The number of aromatic nitrogens is 1. The molecule has 0 aliphatic heterocycles. The van der Waals surface area contributed by atoms with Crippen LogP contribution in [0.15, 0.2) is 28.8 Å². The van der Waals surface area contributed by atoms with E-state index in [0.717, 1.165) is 43.2 Å². The highest BCUT2D eigenvalue weighted by Crippen LogP contribution is 2.32. The van der Waals surface area contributed by atoms with Gasteiger partial charge in [-0.25, -0.2) is 4.98 Å². The molecule has 0 amide bonds. The van der Waals surface area contributed by atoms with Gasteiger partial charge >= 0.3 is 0 Å². The van der Waals surface area contributed by atoms with E-state index in [1.165, 1.54) is 17.5 Å². The smallest absolute Gasteiger partial charge is 0.194 e. The highest BCUT2D eigenvalue weighted by molar-refractivity contribution is 5.39. The topological polar surface area (TPSA) is 47.3 Å². The molecule has 4 heteroatoms. The number of hydrogen-bond acceptors (Lipinski definition) is 4. The highest BCUT2D eigenvalue weighted by Gasteiger charge is 2.20. The highest BCUT2D eigenvalue weighted by atomic mass is 16.5. The maximum absolute atomic E-state index is 5.65. The summed E-state index contributed by atoms with van der Waals surface area (Å²) in [6, 6.07) is 6.77. The van der Waals surface area contributed by atoms with Gasteiger partial charge in [-0.2, -0.15) is 0 Å². The maximum atomic E-state index is 5.65. The van der Waals surface area contributed by atoms with Gasteiger partial charge in [0.25, 0.3) is 0 Å². The van der Waals surface area contributed by atoms with E-state index in [-0.39, 0.29) is 0 Å². The van der Waals surface area contributed by atoms with Gasteiger partial charge in [0, 0.05) is 12.5 Å². The van der Waals surface area contributed by atoms with Gasteiger partial charge in [-0.1, -0.05) is 13.0 Å². The molecule has 1 N–H and O–H groups in total. The number of benzene rings is 1. The lowest BCUT2D eigenvalue weighted by Crippen LogP contribution is -2.24. The van der Waals surface area contributed by atoms with Gasteiger partial charge in [0.05, 0.1) is 19.9 Å². The first-order chi connectivity index (χ1) is 10.3. The molecule has 1 unspecified atom stereocenters. The fourth-order valence-corrected chi connectivity index (χ4v) is 2.95. The van der Waals surface area contributed by atoms with E-state index in [0.29, 0.717) is 6.04 Å². The predicted octanol–water partition coefficient (Wildman–Crippen LogP) is 3.41. The van der Waals surface area contributed by atoms with Crippen LogP contribution in [0, 0.1) is 0 Å². The minimum atomic E-state index is 0.384. The standard InChI is InChI=1S/C17H22N2O2/c1-3-17-19-11-14(21-17)10-18-16-6-4-5-12-9-13(20-2)7-8-15(12)16/h7-9,11,16,18H,3-6,10H2,1-2H3. The zero-order chi connectivity index (χ0) is 14.7. The van der Waals surface area contributed by atoms with Gasteiger partial charge in [0.1, 0.15) is 11.5 Å². The molecule has 1 heterocycles. The summed E-state index contributed by atoms with van der Waals surface area (Å²) in [5, 5.41) is 3.59. The number of ether oxygens (including phenoxy) is 1. The lowest BCUT2D eigenvalue weighted by Gasteiger charge is -2.26. The molecule has 1 aromatic carbocycles. The fraction of sp³-hybridized carbons (Fsp3) is 0.471. The van der Waals surface area contributed by atoms with E-state index in [1.807, 2.05) is 19.2 Å². The fourth-order valence-electron chi connectivity index (χ4n) is 2.95. The second kappa shape index (κ2) is 6.31. The van der Waals surface area contributed by atoms with Crippen LogP contribution in [0.5, 0.6) is 5.75 Å². The Morgan fingerprint density at radius 2 is 2.33 bits per heavy atom. The third kappa shape index (κ3) is 3.10. The van der Waals surface area contributed by atoms with Crippen molar-refractivity contribution in [2.45, 2.75) is 45.2 Å². The quantitative estimate of drug-likeness (QED) is 0.915. The Labute approximate surface area is 125 Å². The van der Waals surface area contributed by atoms with E-state index in [2.05, 4.69) is 22.4 Å². The minimum absolute atomic E-state index is 0.384. The average molecular weight is 286 g/mol. The number of nitrogens with one attached hydrogen (secondary N) is 1. The number of nitrogens with zero attached hydrogens (tertiary/aromatic N) is 1. The molecule has 0 fully saturated rings. The van der Waals surface area contributed by atoms with Crippen LogP contribution in [0.2, 0.25) is 0 Å². The van der Waals surface area contributed by atoms with Crippen molar-refractivity contribution in [3.63, 3.8) is 0 Å². The van der Waals surface area contributed by atoms with E-state index >= 15 is 0 Å². The van der Waals surface area contributed by atoms with Crippen LogP contribution in [0.1, 0.15) is 48.6 Å². The summed E-state index contributed by atoms with van der Waals surface area (Å²) in [6.07, 6.45) is 6.16. The van der Waals surface area contributed by atoms with Crippen molar-refractivity contribution in [1.82, 2.24) is 10.3 Å². The van der Waals surface area contributed by atoms with Crippen LogP contribution in [-0.2, 0) is 19.4 Å². The van der Waals surface area contributed by atoms with E-state index in [1.54, 1.807) is 7.11 Å². The van der Waals surface area contributed by atoms with Gasteiger partial charge in [-0.3, -0.25) is 0 Å². The number of aryl methyl sites for hydroxylation is 2. The molecule has 0 saturated carbocycles. The molecule has 0 saturated heterocycles. The van der Waals surface area contributed by atoms with Crippen molar-refractivity contribution < 1.29 is 9.15 Å². The minimum Gasteiger partial charge on any atom is -0.497 e. The second-order valence-electron chi connectivity index (χ2n) is 5.46. The van der Waals surface area contributed by atoms with Crippen molar-refractivity contribution in [1.29, 1.82) is 0 Å². The molecule has 1 aliphatic carbocycles. The molecule has 3 rings (SSSR count). The molecule has 1 atom stereocenters. The van der Waals surface area contributed by atoms with Gasteiger partial charge in [0.2, 0.25) is 0 Å². The summed E-state index contributed by atoms with van der Waals surface area (Å²) >= 11 is 0.